The van der Waals surface area contributed by atoms with Crippen LogP contribution >= 0.6 is 12.4 Å². The molecule has 0 aromatic heterocycles. The fourth-order valence-electron chi connectivity index (χ4n) is 2.33. The van der Waals surface area contributed by atoms with Crippen molar-refractivity contribution in [3.05, 3.63) is 0 Å². The molecule has 0 aromatic carbocycles. The Morgan fingerprint density at radius 3 is 2.09 bits per heavy atom. The van der Waals surface area contributed by atoms with Gasteiger partial charge in [0.15, 0.2) is 5.66 Å². The standard InChI is InChI=1S/C7H11N3.ClH/c1-2-6-4-7(9-10-7)3-5(1)8-6;/h5-6,8H,1-4H2;1H. The summed E-state index contributed by atoms with van der Waals surface area (Å²) in [6.07, 6.45) is 5.03. The van der Waals surface area contributed by atoms with E-state index in [1.54, 1.807) is 0 Å². The molecule has 3 aliphatic heterocycles. The first-order valence-electron chi connectivity index (χ1n) is 4.06. The summed E-state index contributed by atoms with van der Waals surface area (Å²) in [6.45, 7) is 0. The summed E-state index contributed by atoms with van der Waals surface area (Å²) in [4.78, 5) is 0. The maximum Gasteiger partial charge on any atom is 0.193 e. The lowest BCUT2D eigenvalue weighted by molar-refractivity contribution is 0.328. The Labute approximate surface area is 72.1 Å². The van der Waals surface area contributed by atoms with Crippen LogP contribution in [0.1, 0.15) is 25.7 Å². The van der Waals surface area contributed by atoms with Crippen molar-refractivity contribution in [2.75, 3.05) is 0 Å². The first-order valence-corrected chi connectivity index (χ1v) is 4.06. The topological polar surface area (TPSA) is 36.8 Å². The van der Waals surface area contributed by atoms with Gasteiger partial charge in [-0.3, -0.25) is 0 Å². The molecule has 2 unspecified atom stereocenters. The van der Waals surface area contributed by atoms with Crippen LogP contribution < -0.4 is 5.32 Å². The lowest BCUT2D eigenvalue weighted by atomic mass is 9.97. The molecule has 62 valence electrons. The number of rotatable bonds is 0. The van der Waals surface area contributed by atoms with Crippen molar-refractivity contribution in [2.45, 2.75) is 43.4 Å². The highest BCUT2D eigenvalue weighted by atomic mass is 35.5. The van der Waals surface area contributed by atoms with Crippen LogP contribution in [0.25, 0.3) is 0 Å². The van der Waals surface area contributed by atoms with Crippen LogP contribution in [0.15, 0.2) is 10.2 Å². The first kappa shape index (κ1) is 7.50. The Hall–Kier alpha value is -0.150. The summed E-state index contributed by atoms with van der Waals surface area (Å²) in [5.74, 6) is 0. The van der Waals surface area contributed by atoms with Gasteiger partial charge in [-0.2, -0.15) is 10.2 Å². The molecular formula is C7H12ClN3. The zero-order chi connectivity index (χ0) is 6.60. The van der Waals surface area contributed by atoms with Gasteiger partial charge in [0, 0.05) is 24.9 Å². The fourth-order valence-corrected chi connectivity index (χ4v) is 2.33. The van der Waals surface area contributed by atoms with E-state index < -0.39 is 0 Å². The lowest BCUT2D eigenvalue weighted by Crippen LogP contribution is -2.42. The van der Waals surface area contributed by atoms with Crippen LogP contribution in [0, 0.1) is 0 Å². The molecule has 4 heteroatoms. The van der Waals surface area contributed by atoms with Gasteiger partial charge in [-0.05, 0) is 12.8 Å². The van der Waals surface area contributed by atoms with Crippen LogP contribution in [0.5, 0.6) is 0 Å². The van der Waals surface area contributed by atoms with Gasteiger partial charge in [-0.25, -0.2) is 0 Å². The minimum absolute atomic E-state index is 0. The highest BCUT2D eigenvalue weighted by molar-refractivity contribution is 5.85. The largest absolute Gasteiger partial charge is 0.311 e. The number of halogens is 1. The van der Waals surface area contributed by atoms with Gasteiger partial charge in [0.1, 0.15) is 0 Å². The molecular weight excluding hydrogens is 162 g/mol. The zero-order valence-corrected chi connectivity index (χ0v) is 7.10. The second-order valence-electron chi connectivity index (χ2n) is 3.73. The van der Waals surface area contributed by atoms with Gasteiger partial charge in [-0.15, -0.1) is 12.4 Å². The van der Waals surface area contributed by atoms with Crippen molar-refractivity contribution < 1.29 is 0 Å². The van der Waals surface area contributed by atoms with E-state index in [9.17, 15) is 0 Å². The molecule has 2 fully saturated rings. The minimum atomic E-state index is 0. The third kappa shape index (κ3) is 1.07. The molecule has 0 amide bonds. The van der Waals surface area contributed by atoms with Crippen molar-refractivity contribution in [2.24, 2.45) is 10.2 Å². The van der Waals surface area contributed by atoms with E-state index in [0.717, 1.165) is 12.1 Å². The smallest absolute Gasteiger partial charge is 0.193 e. The van der Waals surface area contributed by atoms with Gasteiger partial charge in [-0.1, -0.05) is 0 Å². The van der Waals surface area contributed by atoms with Crippen molar-refractivity contribution in [1.29, 1.82) is 0 Å². The van der Waals surface area contributed by atoms with Crippen molar-refractivity contribution in [3.63, 3.8) is 0 Å². The Kier molecular flexibility index (Phi) is 1.48. The van der Waals surface area contributed by atoms with Gasteiger partial charge < -0.3 is 5.32 Å². The van der Waals surface area contributed by atoms with Crippen molar-refractivity contribution in [3.8, 4) is 0 Å². The van der Waals surface area contributed by atoms with E-state index in [0.29, 0.717) is 0 Å². The molecule has 0 saturated carbocycles. The number of nitrogens with zero attached hydrogens (tertiary/aromatic N) is 2. The average Bonchev–Trinajstić information content (AvgIpc) is 2.56. The number of nitrogens with one attached hydrogen (secondary N) is 1. The number of piperidine rings is 1. The summed E-state index contributed by atoms with van der Waals surface area (Å²) >= 11 is 0. The van der Waals surface area contributed by atoms with Crippen LogP contribution in [0.4, 0.5) is 0 Å². The number of hydrogen-bond donors (Lipinski definition) is 1. The maximum atomic E-state index is 4.12. The molecule has 1 N–H and O–H groups in total. The zero-order valence-electron chi connectivity index (χ0n) is 6.29. The second-order valence-corrected chi connectivity index (χ2v) is 3.73. The normalized spacial score (nSPS) is 42.2. The van der Waals surface area contributed by atoms with E-state index in [1.807, 2.05) is 0 Å². The molecule has 2 bridgehead atoms. The van der Waals surface area contributed by atoms with Gasteiger partial charge in [0.25, 0.3) is 0 Å². The van der Waals surface area contributed by atoms with E-state index in [2.05, 4.69) is 15.5 Å². The van der Waals surface area contributed by atoms with Gasteiger partial charge in [0.05, 0.1) is 0 Å². The minimum Gasteiger partial charge on any atom is -0.311 e. The number of fused-ring (bicyclic) bond motifs is 2. The lowest BCUT2D eigenvalue weighted by Gasteiger charge is -2.24. The molecule has 1 spiro atoms. The molecule has 3 heterocycles. The Morgan fingerprint density at radius 1 is 1.09 bits per heavy atom. The molecule has 2 atom stereocenters. The van der Waals surface area contributed by atoms with E-state index >= 15 is 0 Å². The summed E-state index contributed by atoms with van der Waals surface area (Å²) in [5.41, 5.74) is 0.122. The fraction of sp³-hybridized carbons (Fsp3) is 1.00. The van der Waals surface area contributed by atoms with Crippen LogP contribution in [0.3, 0.4) is 0 Å². The quantitative estimate of drug-likeness (QED) is 0.592. The predicted octanol–water partition coefficient (Wildman–Crippen LogP) is 1.48. The summed E-state index contributed by atoms with van der Waals surface area (Å²) < 4.78 is 0. The van der Waals surface area contributed by atoms with E-state index in [-0.39, 0.29) is 18.1 Å². The van der Waals surface area contributed by atoms with Crippen molar-refractivity contribution >= 4 is 12.4 Å². The molecule has 0 aromatic rings. The van der Waals surface area contributed by atoms with Gasteiger partial charge >= 0.3 is 0 Å². The Balaban J connectivity index is 0.000000480. The van der Waals surface area contributed by atoms with Crippen molar-refractivity contribution in [1.82, 2.24) is 5.32 Å². The maximum absolute atomic E-state index is 4.12. The third-order valence-corrected chi connectivity index (χ3v) is 2.86. The Bertz CT molecular complexity index is 184. The van der Waals surface area contributed by atoms with Gasteiger partial charge in [0.2, 0.25) is 0 Å². The third-order valence-electron chi connectivity index (χ3n) is 2.86. The van der Waals surface area contributed by atoms with Crippen LogP contribution in [-0.2, 0) is 0 Å². The van der Waals surface area contributed by atoms with Crippen LogP contribution in [0.2, 0.25) is 0 Å². The second kappa shape index (κ2) is 2.17. The summed E-state index contributed by atoms with van der Waals surface area (Å²) in [6, 6.07) is 1.46. The van der Waals surface area contributed by atoms with Crippen LogP contribution in [-0.4, -0.2) is 17.7 Å². The highest BCUT2D eigenvalue weighted by Crippen LogP contribution is 2.44. The predicted molar refractivity (Wildman–Crippen MR) is 44.0 cm³/mol. The highest BCUT2D eigenvalue weighted by Gasteiger charge is 2.50. The molecule has 3 nitrogen and oxygen atoms in total. The first-order chi connectivity index (χ1) is 4.86. The SMILES string of the molecule is C1CC2CC3(CC1N2)N=N3.Cl. The van der Waals surface area contributed by atoms with E-state index in [4.69, 9.17) is 0 Å². The molecule has 2 saturated heterocycles. The molecule has 0 aliphatic carbocycles. The molecule has 3 rings (SSSR count). The molecule has 0 radical (unpaired) electrons. The van der Waals surface area contributed by atoms with E-state index in [1.165, 1.54) is 25.7 Å². The summed E-state index contributed by atoms with van der Waals surface area (Å²) in [5, 5.41) is 11.8. The Morgan fingerprint density at radius 2 is 1.64 bits per heavy atom. The average molecular weight is 174 g/mol. The molecule has 11 heavy (non-hydrogen) atoms. The number of hydrogen-bond acceptors (Lipinski definition) is 3. The summed E-state index contributed by atoms with van der Waals surface area (Å²) in [7, 11) is 0. The monoisotopic (exact) mass is 173 g/mol. The molecule has 3 aliphatic rings.